The Morgan fingerprint density at radius 2 is 2.04 bits per heavy atom. The number of rotatable bonds is 8. The second-order valence-corrected chi connectivity index (χ2v) is 6.75. The van der Waals surface area contributed by atoms with E-state index in [0.717, 1.165) is 0 Å². The molecule has 1 aromatic rings. The monoisotopic (exact) mass is 420 g/mol. The van der Waals surface area contributed by atoms with Crippen LogP contribution < -0.4 is 10.6 Å². The molecule has 0 saturated heterocycles. The van der Waals surface area contributed by atoms with Crippen LogP contribution in [0.3, 0.4) is 0 Å². The van der Waals surface area contributed by atoms with Crippen molar-refractivity contribution >= 4 is 46.7 Å². The van der Waals surface area contributed by atoms with E-state index in [1.807, 2.05) is 13.8 Å². The molecule has 0 saturated carbocycles. The normalized spacial score (nSPS) is 12.0. The molecule has 0 aliphatic rings. The molecule has 1 aromatic carbocycles. The molecule has 0 bridgehead atoms. The lowest BCUT2D eigenvalue weighted by atomic mass is 10.1. The smallest absolute Gasteiger partial charge is 0.402 e. The van der Waals surface area contributed by atoms with Gasteiger partial charge in [0.15, 0.2) is 0 Å². The lowest BCUT2D eigenvalue weighted by Crippen LogP contribution is -2.45. The minimum Gasteiger partial charge on any atom is -0.402 e. The van der Waals surface area contributed by atoms with Gasteiger partial charge in [-0.2, -0.15) is 0 Å². The second-order valence-electron chi connectivity index (χ2n) is 5.45. The Hall–Kier alpha value is -1.13. The van der Waals surface area contributed by atoms with Gasteiger partial charge in [0, 0.05) is 9.50 Å². The molecule has 10 heteroatoms. The Balaban J connectivity index is 2.57. The molecule has 132 valence electrons. The van der Waals surface area contributed by atoms with Crippen molar-refractivity contribution in [2.24, 2.45) is 5.92 Å². The van der Waals surface area contributed by atoms with Crippen LogP contribution in [0.15, 0.2) is 22.7 Å². The summed E-state index contributed by atoms with van der Waals surface area (Å²) in [6.07, 6.45) is -0.482. The summed E-state index contributed by atoms with van der Waals surface area (Å²) in [6.45, 7) is 3.49. The second kappa shape index (κ2) is 10.00. The van der Waals surface area contributed by atoms with Crippen LogP contribution in [0.25, 0.3) is 0 Å². The number of hydrogen-bond donors (Lipinski definition) is 4. The summed E-state index contributed by atoms with van der Waals surface area (Å²) in [5.41, 5.74) is 0.302. The highest BCUT2D eigenvalue weighted by Gasteiger charge is 2.21. The molecule has 4 N–H and O–H groups in total. The Labute approximate surface area is 154 Å². The van der Waals surface area contributed by atoms with Crippen molar-refractivity contribution in [1.82, 2.24) is 10.6 Å². The highest BCUT2D eigenvalue weighted by atomic mass is 79.9. The number of benzene rings is 1. The summed E-state index contributed by atoms with van der Waals surface area (Å²) >= 11 is 9.08. The van der Waals surface area contributed by atoms with E-state index in [4.69, 9.17) is 26.3 Å². The van der Waals surface area contributed by atoms with Gasteiger partial charge in [-0.1, -0.05) is 25.4 Å². The molecular formula is C14H19BBrClN2O5. The molecule has 0 fully saturated rings. The fraction of sp³-hybridized carbons (Fsp3) is 0.429. The summed E-state index contributed by atoms with van der Waals surface area (Å²) in [6, 6.07) is 4.74. The molecule has 2 amide bonds. The Morgan fingerprint density at radius 1 is 1.38 bits per heavy atom. The maximum Gasteiger partial charge on any atom is 0.635 e. The predicted octanol–water partition coefficient (Wildman–Crippen LogP) is 1.31. The third-order valence-electron chi connectivity index (χ3n) is 2.88. The molecule has 1 atom stereocenters. The number of amides is 2. The average Bonchev–Trinajstić information content (AvgIpc) is 2.45. The first-order valence-corrected chi connectivity index (χ1v) is 8.40. The SMILES string of the molecule is CC(C)CC(NC(=O)CNC(=O)c1cc(Cl)ccc1Br)OB(O)O. The third kappa shape index (κ3) is 7.63. The van der Waals surface area contributed by atoms with Crippen molar-refractivity contribution in [3.05, 3.63) is 33.3 Å². The number of carbonyl (C=O) groups is 2. The molecule has 7 nitrogen and oxygen atoms in total. The van der Waals surface area contributed by atoms with Crippen LogP contribution in [0.1, 0.15) is 30.6 Å². The maximum absolute atomic E-state index is 12.1. The molecule has 0 spiro atoms. The summed E-state index contributed by atoms with van der Waals surface area (Å²) in [5, 5.41) is 23.1. The van der Waals surface area contributed by atoms with Crippen LogP contribution in [0, 0.1) is 5.92 Å². The minimum atomic E-state index is -1.99. The molecular weight excluding hydrogens is 402 g/mol. The fourth-order valence-electron chi connectivity index (χ4n) is 1.88. The highest BCUT2D eigenvalue weighted by Crippen LogP contribution is 2.20. The van der Waals surface area contributed by atoms with E-state index < -0.39 is 25.4 Å². The first-order chi connectivity index (χ1) is 11.2. The van der Waals surface area contributed by atoms with Gasteiger partial charge in [0.2, 0.25) is 5.91 Å². The number of hydrogen-bond acceptors (Lipinski definition) is 5. The van der Waals surface area contributed by atoms with Crippen LogP contribution >= 0.6 is 27.5 Å². The van der Waals surface area contributed by atoms with Gasteiger partial charge in [-0.3, -0.25) is 9.59 Å². The quantitative estimate of drug-likeness (QED) is 0.374. The van der Waals surface area contributed by atoms with E-state index in [2.05, 4.69) is 26.6 Å². The van der Waals surface area contributed by atoms with Crippen LogP contribution in [0.5, 0.6) is 0 Å². The number of nitrogens with one attached hydrogen (secondary N) is 2. The number of carbonyl (C=O) groups excluding carboxylic acids is 2. The first kappa shape index (κ1) is 20.9. The van der Waals surface area contributed by atoms with E-state index >= 15 is 0 Å². The predicted molar refractivity (Wildman–Crippen MR) is 94.1 cm³/mol. The Bertz CT molecular complexity index is 578. The van der Waals surface area contributed by atoms with Gasteiger partial charge in [-0.05, 0) is 46.5 Å². The van der Waals surface area contributed by atoms with E-state index in [1.165, 1.54) is 6.07 Å². The van der Waals surface area contributed by atoms with Crippen LogP contribution in [-0.2, 0) is 9.45 Å². The van der Waals surface area contributed by atoms with Gasteiger partial charge in [0.25, 0.3) is 5.91 Å². The van der Waals surface area contributed by atoms with Crippen molar-refractivity contribution in [1.29, 1.82) is 0 Å². The van der Waals surface area contributed by atoms with Gasteiger partial charge >= 0.3 is 7.32 Å². The highest BCUT2D eigenvalue weighted by molar-refractivity contribution is 9.10. The topological polar surface area (TPSA) is 108 Å². The van der Waals surface area contributed by atoms with E-state index in [9.17, 15) is 9.59 Å². The van der Waals surface area contributed by atoms with E-state index in [1.54, 1.807) is 12.1 Å². The summed E-state index contributed by atoms with van der Waals surface area (Å²) in [7, 11) is -1.99. The number of halogens is 2. The Morgan fingerprint density at radius 3 is 2.62 bits per heavy atom. The van der Waals surface area contributed by atoms with Crippen molar-refractivity contribution in [3.8, 4) is 0 Å². The third-order valence-corrected chi connectivity index (χ3v) is 3.80. The standard InChI is InChI=1S/C14H19BBrClN2O5/c1-8(2)5-13(24-15(22)23)19-12(20)7-18-14(21)10-6-9(17)3-4-11(10)16/h3-4,6,8,13,22-23H,5,7H2,1-2H3,(H,18,21)(H,19,20). The summed E-state index contributed by atoms with van der Waals surface area (Å²) in [4.78, 5) is 24.0. The molecule has 0 heterocycles. The van der Waals surface area contributed by atoms with E-state index in [-0.39, 0.29) is 12.5 Å². The average molecular weight is 421 g/mol. The van der Waals surface area contributed by atoms with Crippen molar-refractivity contribution in [3.63, 3.8) is 0 Å². The van der Waals surface area contributed by atoms with Crippen LogP contribution in [0.2, 0.25) is 5.02 Å². The lowest BCUT2D eigenvalue weighted by Gasteiger charge is -2.21. The summed E-state index contributed by atoms with van der Waals surface area (Å²) in [5.74, 6) is -0.832. The first-order valence-electron chi connectivity index (χ1n) is 7.23. The van der Waals surface area contributed by atoms with Crippen molar-refractivity contribution < 1.29 is 24.3 Å². The fourth-order valence-corrected chi connectivity index (χ4v) is 2.48. The molecule has 24 heavy (non-hydrogen) atoms. The molecule has 1 unspecified atom stereocenters. The van der Waals surface area contributed by atoms with Gasteiger partial charge in [-0.15, -0.1) is 0 Å². The van der Waals surface area contributed by atoms with Crippen molar-refractivity contribution in [2.75, 3.05) is 6.54 Å². The van der Waals surface area contributed by atoms with Crippen LogP contribution in [-0.4, -0.2) is 42.0 Å². The largest absolute Gasteiger partial charge is 0.635 e. The zero-order valence-corrected chi connectivity index (χ0v) is 15.6. The molecule has 0 aromatic heterocycles. The minimum absolute atomic E-state index is 0.158. The zero-order chi connectivity index (χ0) is 18.3. The molecule has 0 radical (unpaired) electrons. The van der Waals surface area contributed by atoms with Gasteiger partial charge < -0.3 is 25.3 Å². The van der Waals surface area contributed by atoms with Gasteiger partial charge in [-0.25, -0.2) is 0 Å². The van der Waals surface area contributed by atoms with E-state index in [0.29, 0.717) is 21.5 Å². The van der Waals surface area contributed by atoms with Gasteiger partial charge in [0.1, 0.15) is 6.23 Å². The summed E-state index contributed by atoms with van der Waals surface area (Å²) < 4.78 is 5.35. The molecule has 0 aliphatic carbocycles. The molecule has 0 aliphatic heterocycles. The van der Waals surface area contributed by atoms with Gasteiger partial charge in [0.05, 0.1) is 12.1 Å². The van der Waals surface area contributed by atoms with Crippen LogP contribution in [0.4, 0.5) is 0 Å². The van der Waals surface area contributed by atoms with Crippen molar-refractivity contribution in [2.45, 2.75) is 26.5 Å². The zero-order valence-electron chi connectivity index (χ0n) is 13.3. The Kier molecular flexibility index (Phi) is 8.72. The maximum atomic E-state index is 12.1. The lowest BCUT2D eigenvalue weighted by molar-refractivity contribution is -0.123. The molecule has 1 rings (SSSR count).